The standard InChI is InChI=1S/C15H11BrClN3O/c16-10-6-14(20(8-10)12-2-3-12)15(21)19-11-1-4-13(17)9(5-11)7-18/h1,4-6,8,12H,2-3H2,(H,19,21). The van der Waals surface area contributed by atoms with Crippen molar-refractivity contribution in [1.29, 1.82) is 5.26 Å². The molecule has 1 aliphatic carbocycles. The summed E-state index contributed by atoms with van der Waals surface area (Å²) < 4.78 is 2.87. The van der Waals surface area contributed by atoms with Gasteiger partial charge in [0.25, 0.3) is 5.91 Å². The lowest BCUT2D eigenvalue weighted by molar-refractivity contribution is 0.101. The Labute approximate surface area is 135 Å². The summed E-state index contributed by atoms with van der Waals surface area (Å²) in [5.74, 6) is -0.196. The second-order valence-corrected chi connectivity index (χ2v) is 6.27. The molecule has 1 aliphatic rings. The van der Waals surface area contributed by atoms with Gasteiger partial charge in [-0.05, 0) is 53.0 Å². The number of aromatic nitrogens is 1. The lowest BCUT2D eigenvalue weighted by Crippen LogP contribution is -2.16. The van der Waals surface area contributed by atoms with E-state index in [4.69, 9.17) is 16.9 Å². The number of hydrogen-bond donors (Lipinski definition) is 1. The van der Waals surface area contributed by atoms with Gasteiger partial charge in [0.2, 0.25) is 0 Å². The first kappa shape index (κ1) is 14.2. The number of nitrogens with zero attached hydrogens (tertiary/aromatic N) is 2. The van der Waals surface area contributed by atoms with Gasteiger partial charge in [-0.25, -0.2) is 0 Å². The van der Waals surface area contributed by atoms with Crippen LogP contribution in [0.3, 0.4) is 0 Å². The summed E-state index contributed by atoms with van der Waals surface area (Å²) in [5.41, 5.74) is 1.51. The minimum Gasteiger partial charge on any atom is -0.339 e. The lowest BCUT2D eigenvalue weighted by Gasteiger charge is -2.09. The number of carbonyl (C=O) groups is 1. The Bertz CT molecular complexity index is 759. The fourth-order valence-corrected chi connectivity index (χ4v) is 2.76. The van der Waals surface area contributed by atoms with Gasteiger partial charge < -0.3 is 9.88 Å². The van der Waals surface area contributed by atoms with Crippen LogP contribution in [-0.4, -0.2) is 10.5 Å². The molecule has 1 N–H and O–H groups in total. The molecule has 3 rings (SSSR count). The minimum absolute atomic E-state index is 0.196. The zero-order chi connectivity index (χ0) is 15.0. The van der Waals surface area contributed by atoms with Crippen LogP contribution in [0.15, 0.2) is 34.9 Å². The molecule has 1 fully saturated rings. The fourth-order valence-electron chi connectivity index (χ4n) is 2.17. The molecule has 0 aliphatic heterocycles. The molecule has 4 nitrogen and oxygen atoms in total. The molecular formula is C15H11BrClN3O. The Morgan fingerprint density at radius 3 is 2.86 bits per heavy atom. The Kier molecular flexibility index (Phi) is 3.75. The second-order valence-electron chi connectivity index (χ2n) is 4.94. The molecule has 0 atom stereocenters. The van der Waals surface area contributed by atoms with Crippen LogP contribution in [-0.2, 0) is 0 Å². The van der Waals surface area contributed by atoms with Gasteiger partial charge in [-0.1, -0.05) is 11.6 Å². The van der Waals surface area contributed by atoms with E-state index in [1.54, 1.807) is 24.3 Å². The number of anilines is 1. The smallest absolute Gasteiger partial charge is 0.272 e. The molecule has 0 spiro atoms. The predicted octanol–water partition coefficient (Wildman–Crippen LogP) is 4.36. The van der Waals surface area contributed by atoms with E-state index in [9.17, 15) is 4.79 Å². The summed E-state index contributed by atoms with van der Waals surface area (Å²) >= 11 is 9.29. The highest BCUT2D eigenvalue weighted by Gasteiger charge is 2.27. The maximum Gasteiger partial charge on any atom is 0.272 e. The molecule has 0 unspecified atom stereocenters. The molecule has 1 saturated carbocycles. The topological polar surface area (TPSA) is 57.8 Å². The number of benzene rings is 1. The van der Waals surface area contributed by atoms with Gasteiger partial charge in [0, 0.05) is 22.4 Å². The molecule has 106 valence electrons. The van der Waals surface area contributed by atoms with Crippen molar-refractivity contribution in [3.63, 3.8) is 0 Å². The molecule has 1 aromatic carbocycles. The van der Waals surface area contributed by atoms with Gasteiger partial charge in [0.1, 0.15) is 11.8 Å². The van der Waals surface area contributed by atoms with Gasteiger partial charge in [-0.15, -0.1) is 0 Å². The van der Waals surface area contributed by atoms with E-state index >= 15 is 0 Å². The first-order valence-electron chi connectivity index (χ1n) is 6.47. The zero-order valence-electron chi connectivity index (χ0n) is 10.9. The van der Waals surface area contributed by atoms with Gasteiger partial charge in [0.05, 0.1) is 10.6 Å². The molecule has 21 heavy (non-hydrogen) atoms. The maximum atomic E-state index is 12.4. The normalized spacial score (nSPS) is 13.8. The van der Waals surface area contributed by atoms with Crippen LogP contribution in [0.5, 0.6) is 0 Å². The highest BCUT2D eigenvalue weighted by molar-refractivity contribution is 9.10. The third-order valence-corrected chi connectivity index (χ3v) is 4.10. The number of nitriles is 1. The number of amides is 1. The van der Waals surface area contributed by atoms with Crippen LogP contribution in [0.2, 0.25) is 5.02 Å². The molecule has 1 heterocycles. The summed E-state index contributed by atoms with van der Waals surface area (Å²) in [7, 11) is 0. The average molecular weight is 365 g/mol. The number of halogens is 2. The number of carbonyl (C=O) groups excluding carboxylic acids is 1. The van der Waals surface area contributed by atoms with Crippen LogP contribution < -0.4 is 5.32 Å². The van der Waals surface area contributed by atoms with Crippen molar-refractivity contribution in [2.75, 3.05) is 5.32 Å². The van der Waals surface area contributed by atoms with E-state index in [1.165, 1.54) is 0 Å². The molecule has 0 bridgehead atoms. The van der Waals surface area contributed by atoms with Crippen molar-refractivity contribution in [3.8, 4) is 6.07 Å². The lowest BCUT2D eigenvalue weighted by atomic mass is 10.2. The van der Waals surface area contributed by atoms with Gasteiger partial charge in [-0.2, -0.15) is 5.26 Å². The molecular weight excluding hydrogens is 354 g/mol. The van der Waals surface area contributed by atoms with Crippen molar-refractivity contribution in [2.45, 2.75) is 18.9 Å². The van der Waals surface area contributed by atoms with Crippen molar-refractivity contribution in [3.05, 3.63) is 51.2 Å². The molecule has 0 saturated heterocycles. The SMILES string of the molecule is N#Cc1cc(NC(=O)c2cc(Br)cn2C2CC2)ccc1Cl. The van der Waals surface area contributed by atoms with Crippen LogP contribution in [0.1, 0.15) is 34.9 Å². The van der Waals surface area contributed by atoms with Crippen molar-refractivity contribution in [1.82, 2.24) is 4.57 Å². The minimum atomic E-state index is -0.196. The van der Waals surface area contributed by atoms with Crippen LogP contribution in [0.25, 0.3) is 0 Å². The third-order valence-electron chi connectivity index (χ3n) is 3.33. The predicted molar refractivity (Wildman–Crippen MR) is 84.5 cm³/mol. The van der Waals surface area contributed by atoms with Crippen LogP contribution >= 0.6 is 27.5 Å². The van der Waals surface area contributed by atoms with Crippen molar-refractivity contribution < 1.29 is 4.79 Å². The molecule has 1 amide bonds. The summed E-state index contributed by atoms with van der Waals surface area (Å²) in [4.78, 5) is 12.4. The fraction of sp³-hybridized carbons (Fsp3) is 0.200. The molecule has 6 heteroatoms. The zero-order valence-corrected chi connectivity index (χ0v) is 13.3. The van der Waals surface area contributed by atoms with E-state index in [0.29, 0.717) is 28.0 Å². The maximum absolute atomic E-state index is 12.4. The van der Waals surface area contributed by atoms with Crippen molar-refractivity contribution >= 4 is 39.1 Å². The summed E-state index contributed by atoms with van der Waals surface area (Å²) in [6.45, 7) is 0. The highest BCUT2D eigenvalue weighted by atomic mass is 79.9. The summed E-state index contributed by atoms with van der Waals surface area (Å²) in [6, 6.07) is 9.06. The average Bonchev–Trinajstić information content (AvgIpc) is 3.23. The van der Waals surface area contributed by atoms with Gasteiger partial charge in [-0.3, -0.25) is 4.79 Å². The Morgan fingerprint density at radius 2 is 2.19 bits per heavy atom. The van der Waals surface area contributed by atoms with Crippen LogP contribution in [0, 0.1) is 11.3 Å². The Hall–Kier alpha value is -1.77. The number of nitrogens with one attached hydrogen (secondary N) is 1. The third kappa shape index (κ3) is 2.97. The summed E-state index contributed by atoms with van der Waals surface area (Å²) in [6.07, 6.45) is 4.12. The highest BCUT2D eigenvalue weighted by Crippen LogP contribution is 2.37. The van der Waals surface area contributed by atoms with E-state index in [2.05, 4.69) is 21.2 Å². The van der Waals surface area contributed by atoms with Gasteiger partial charge >= 0.3 is 0 Å². The largest absolute Gasteiger partial charge is 0.339 e. The second kappa shape index (κ2) is 5.55. The first-order chi connectivity index (χ1) is 10.1. The molecule has 0 radical (unpaired) electrons. The molecule has 1 aromatic heterocycles. The monoisotopic (exact) mass is 363 g/mol. The van der Waals surface area contributed by atoms with Crippen LogP contribution in [0.4, 0.5) is 5.69 Å². The Morgan fingerprint density at radius 1 is 1.43 bits per heavy atom. The quantitative estimate of drug-likeness (QED) is 0.879. The van der Waals surface area contributed by atoms with Gasteiger partial charge in [0.15, 0.2) is 0 Å². The number of hydrogen-bond acceptors (Lipinski definition) is 2. The summed E-state index contributed by atoms with van der Waals surface area (Å²) in [5, 5.41) is 12.1. The van der Waals surface area contributed by atoms with E-state index in [1.807, 2.05) is 16.8 Å². The van der Waals surface area contributed by atoms with E-state index < -0.39 is 0 Å². The Balaban J connectivity index is 1.85. The van der Waals surface area contributed by atoms with E-state index in [-0.39, 0.29) is 5.91 Å². The number of rotatable bonds is 3. The molecule has 2 aromatic rings. The first-order valence-corrected chi connectivity index (χ1v) is 7.64. The van der Waals surface area contributed by atoms with Crippen molar-refractivity contribution in [2.24, 2.45) is 0 Å². The van der Waals surface area contributed by atoms with E-state index in [0.717, 1.165) is 17.3 Å².